The van der Waals surface area contributed by atoms with E-state index >= 15 is 0 Å². The monoisotopic (exact) mass is 607 g/mol. The Kier molecular flexibility index (Phi) is 11.0. The number of anilines is 1. The third-order valence-corrected chi connectivity index (χ3v) is 9.24. The number of sulfonamides is 1. The van der Waals surface area contributed by atoms with E-state index in [9.17, 15) is 22.4 Å². The first-order valence-electron chi connectivity index (χ1n) is 14.9. The molecule has 0 saturated heterocycles. The van der Waals surface area contributed by atoms with E-state index in [1.807, 2.05) is 62.4 Å². The fourth-order valence-electron chi connectivity index (χ4n) is 5.70. The second kappa shape index (κ2) is 14.6. The molecule has 0 bridgehead atoms. The number of hydrogen-bond acceptors (Lipinski definition) is 4. The van der Waals surface area contributed by atoms with Gasteiger partial charge in [-0.25, -0.2) is 12.8 Å². The molecule has 43 heavy (non-hydrogen) atoms. The van der Waals surface area contributed by atoms with Crippen molar-refractivity contribution in [2.24, 2.45) is 0 Å². The zero-order chi connectivity index (χ0) is 31.0. The van der Waals surface area contributed by atoms with Crippen molar-refractivity contribution in [2.45, 2.75) is 77.4 Å². The summed E-state index contributed by atoms with van der Waals surface area (Å²) in [6.45, 7) is 3.77. The van der Waals surface area contributed by atoms with E-state index in [0.29, 0.717) is 11.3 Å². The zero-order valence-electron chi connectivity index (χ0n) is 25.3. The van der Waals surface area contributed by atoms with E-state index in [4.69, 9.17) is 0 Å². The Morgan fingerprint density at radius 3 is 2.33 bits per heavy atom. The Morgan fingerprint density at radius 2 is 1.65 bits per heavy atom. The van der Waals surface area contributed by atoms with Crippen LogP contribution in [-0.2, 0) is 32.6 Å². The highest BCUT2D eigenvalue weighted by Crippen LogP contribution is 2.25. The molecule has 2 amide bonds. The van der Waals surface area contributed by atoms with Gasteiger partial charge in [0.25, 0.3) is 0 Å². The second-order valence-corrected chi connectivity index (χ2v) is 13.4. The third-order valence-electron chi connectivity index (χ3n) is 8.06. The fourth-order valence-corrected chi connectivity index (χ4v) is 6.72. The number of hydrogen-bond donors (Lipinski definition) is 1. The van der Waals surface area contributed by atoms with Gasteiger partial charge in [0, 0.05) is 37.5 Å². The van der Waals surface area contributed by atoms with Gasteiger partial charge in [-0.3, -0.25) is 13.9 Å². The van der Waals surface area contributed by atoms with Crippen LogP contribution in [0.1, 0.15) is 60.8 Å². The Balaban J connectivity index is 1.61. The van der Waals surface area contributed by atoms with Crippen molar-refractivity contribution in [1.29, 1.82) is 0 Å². The van der Waals surface area contributed by atoms with E-state index in [0.717, 1.165) is 48.6 Å². The minimum atomic E-state index is -3.62. The molecule has 0 spiro atoms. The van der Waals surface area contributed by atoms with Crippen LogP contribution < -0.4 is 9.62 Å². The lowest BCUT2D eigenvalue weighted by Crippen LogP contribution is -2.52. The van der Waals surface area contributed by atoms with E-state index in [-0.39, 0.29) is 50.2 Å². The van der Waals surface area contributed by atoms with E-state index in [1.54, 1.807) is 18.2 Å². The van der Waals surface area contributed by atoms with E-state index < -0.39 is 21.9 Å². The van der Waals surface area contributed by atoms with Crippen LogP contribution in [0.4, 0.5) is 10.1 Å². The standard InChI is InChI=1S/C34H42FN3O4S/c1-25-19-20-26(2)31(22-25)38(43(3,41)42)21-11-18-33(39)37(24-28-14-7-10-17-30(28)35)32(23-27-12-5-4-6-13-27)34(40)36-29-15-8-9-16-29/h4-7,10,12-14,17,19-20,22,29,32H,8-9,11,15-16,18,21,23-24H2,1-3H3,(H,36,40). The second-order valence-electron chi connectivity index (χ2n) is 11.5. The van der Waals surface area contributed by atoms with Gasteiger partial charge in [0.15, 0.2) is 0 Å². The van der Waals surface area contributed by atoms with Crippen molar-refractivity contribution in [1.82, 2.24) is 10.2 Å². The SMILES string of the molecule is Cc1ccc(C)c(N(CCCC(=O)N(Cc2ccccc2F)C(Cc2ccccc2)C(=O)NC2CCCC2)S(C)(=O)=O)c1. The van der Waals surface area contributed by atoms with Crippen molar-refractivity contribution in [3.8, 4) is 0 Å². The van der Waals surface area contributed by atoms with Crippen LogP contribution in [0.25, 0.3) is 0 Å². The molecule has 230 valence electrons. The predicted molar refractivity (Wildman–Crippen MR) is 169 cm³/mol. The third kappa shape index (κ3) is 8.89. The molecule has 1 aliphatic carbocycles. The Labute approximate surface area is 255 Å². The van der Waals surface area contributed by atoms with Gasteiger partial charge in [0.1, 0.15) is 11.9 Å². The van der Waals surface area contributed by atoms with Crippen molar-refractivity contribution in [3.05, 3.63) is 101 Å². The summed E-state index contributed by atoms with van der Waals surface area (Å²) >= 11 is 0. The molecule has 3 aromatic rings. The van der Waals surface area contributed by atoms with Crippen LogP contribution in [-0.4, -0.2) is 50.0 Å². The van der Waals surface area contributed by atoms with Gasteiger partial charge in [-0.2, -0.15) is 0 Å². The first kappa shape index (κ1) is 32.2. The van der Waals surface area contributed by atoms with Gasteiger partial charge in [0.2, 0.25) is 21.8 Å². The maximum Gasteiger partial charge on any atom is 0.243 e. The summed E-state index contributed by atoms with van der Waals surface area (Å²) in [5.74, 6) is -1.04. The van der Waals surface area contributed by atoms with E-state index in [1.165, 1.54) is 15.3 Å². The molecule has 1 aliphatic rings. The maximum atomic E-state index is 14.9. The van der Waals surface area contributed by atoms with Crippen LogP contribution in [0.15, 0.2) is 72.8 Å². The highest BCUT2D eigenvalue weighted by atomic mass is 32.2. The molecular weight excluding hydrogens is 565 g/mol. The van der Waals surface area contributed by atoms with Gasteiger partial charge < -0.3 is 10.2 Å². The first-order valence-corrected chi connectivity index (χ1v) is 16.8. The molecule has 1 unspecified atom stereocenters. The van der Waals surface area contributed by atoms with Crippen molar-refractivity contribution in [3.63, 3.8) is 0 Å². The number of carbonyl (C=O) groups is 2. The lowest BCUT2D eigenvalue weighted by molar-refractivity contribution is -0.141. The molecule has 0 aromatic heterocycles. The molecule has 0 radical (unpaired) electrons. The number of benzene rings is 3. The molecule has 7 nitrogen and oxygen atoms in total. The molecule has 3 aromatic carbocycles. The number of nitrogens with zero attached hydrogens (tertiary/aromatic N) is 2. The Bertz CT molecular complexity index is 1510. The van der Waals surface area contributed by atoms with Crippen LogP contribution >= 0.6 is 0 Å². The summed E-state index contributed by atoms with van der Waals surface area (Å²) in [6.07, 6.45) is 5.53. The highest BCUT2D eigenvalue weighted by molar-refractivity contribution is 7.92. The molecule has 9 heteroatoms. The molecule has 1 atom stereocenters. The molecule has 1 saturated carbocycles. The summed E-state index contributed by atoms with van der Waals surface area (Å²) in [4.78, 5) is 29.3. The van der Waals surface area contributed by atoms with Crippen molar-refractivity contribution >= 4 is 27.5 Å². The maximum absolute atomic E-state index is 14.9. The zero-order valence-corrected chi connectivity index (χ0v) is 26.1. The predicted octanol–water partition coefficient (Wildman–Crippen LogP) is 5.69. The van der Waals surface area contributed by atoms with Crippen LogP contribution in [0.3, 0.4) is 0 Å². The minimum Gasteiger partial charge on any atom is -0.352 e. The summed E-state index contributed by atoms with van der Waals surface area (Å²) in [5, 5.41) is 3.15. The molecule has 0 heterocycles. The number of nitrogens with one attached hydrogen (secondary N) is 1. The summed E-state index contributed by atoms with van der Waals surface area (Å²) in [7, 11) is -3.62. The van der Waals surface area contributed by atoms with Gasteiger partial charge in [0.05, 0.1) is 11.9 Å². The Hall–Kier alpha value is -3.72. The number of carbonyl (C=O) groups excluding carboxylic acids is 2. The Morgan fingerprint density at radius 1 is 0.977 bits per heavy atom. The van der Waals surface area contributed by atoms with Crippen molar-refractivity contribution in [2.75, 3.05) is 17.1 Å². The van der Waals surface area contributed by atoms with Crippen LogP contribution in [0, 0.1) is 19.7 Å². The van der Waals surface area contributed by atoms with Gasteiger partial charge in [-0.15, -0.1) is 0 Å². The van der Waals surface area contributed by atoms with Gasteiger partial charge in [-0.1, -0.05) is 73.5 Å². The lowest BCUT2D eigenvalue weighted by atomic mass is 10.0. The summed E-state index contributed by atoms with van der Waals surface area (Å²) in [5.41, 5.74) is 3.53. The minimum absolute atomic E-state index is 0.00661. The van der Waals surface area contributed by atoms with Crippen molar-refractivity contribution < 1.29 is 22.4 Å². The average molecular weight is 608 g/mol. The highest BCUT2D eigenvalue weighted by Gasteiger charge is 2.32. The summed E-state index contributed by atoms with van der Waals surface area (Å²) < 4.78 is 41.8. The number of amides is 2. The van der Waals surface area contributed by atoms with Crippen LogP contribution in [0.5, 0.6) is 0 Å². The summed E-state index contributed by atoms with van der Waals surface area (Å²) in [6, 6.07) is 20.6. The smallest absolute Gasteiger partial charge is 0.243 e. The normalized spacial score (nSPS) is 14.3. The number of halogens is 1. The van der Waals surface area contributed by atoms with Gasteiger partial charge in [-0.05, 0) is 61.9 Å². The van der Waals surface area contributed by atoms with Gasteiger partial charge >= 0.3 is 0 Å². The van der Waals surface area contributed by atoms with E-state index in [2.05, 4.69) is 5.32 Å². The average Bonchev–Trinajstić information content (AvgIpc) is 3.48. The van der Waals surface area contributed by atoms with Crippen LogP contribution in [0.2, 0.25) is 0 Å². The molecular formula is C34H42FN3O4S. The molecule has 1 N–H and O–H groups in total. The molecule has 1 fully saturated rings. The number of rotatable bonds is 13. The molecule has 0 aliphatic heterocycles. The lowest BCUT2D eigenvalue weighted by Gasteiger charge is -2.33. The molecule has 4 rings (SSSR count). The quantitative estimate of drug-likeness (QED) is 0.271. The fraction of sp³-hybridized carbons (Fsp3) is 0.412. The first-order chi connectivity index (χ1) is 20.5. The number of aryl methyl sites for hydroxylation is 2. The topological polar surface area (TPSA) is 86.8 Å². The largest absolute Gasteiger partial charge is 0.352 e.